The Morgan fingerprint density at radius 1 is 1.19 bits per heavy atom. The Balaban J connectivity index is 1.29. The van der Waals surface area contributed by atoms with Gasteiger partial charge in [0, 0.05) is 13.1 Å². The molecule has 0 unspecified atom stereocenters. The Bertz CT molecular complexity index is 1150. The van der Waals surface area contributed by atoms with Crippen LogP contribution in [0.25, 0.3) is 0 Å². The Morgan fingerprint density at radius 2 is 1.97 bits per heavy atom. The third-order valence-corrected chi connectivity index (χ3v) is 5.05. The molecule has 11 heteroatoms. The summed E-state index contributed by atoms with van der Waals surface area (Å²) in [6.45, 7) is -0.0352. The molecule has 2 amide bonds. The van der Waals surface area contributed by atoms with Crippen molar-refractivity contribution < 1.29 is 18.7 Å². The number of fused-ring (bicyclic) bond motifs is 2. The van der Waals surface area contributed by atoms with E-state index >= 15 is 0 Å². The summed E-state index contributed by atoms with van der Waals surface area (Å²) >= 11 is 0. The first-order valence-electron chi connectivity index (χ1n) is 9.61. The minimum Gasteiger partial charge on any atom is -0.489 e. The van der Waals surface area contributed by atoms with Crippen LogP contribution < -0.4 is 31.3 Å². The number of carbonyl (C=O) groups is 2. The number of amides is 2. The summed E-state index contributed by atoms with van der Waals surface area (Å²) in [5.41, 5.74) is 11.8. The van der Waals surface area contributed by atoms with Crippen molar-refractivity contribution in [3.05, 3.63) is 59.8 Å². The van der Waals surface area contributed by atoms with Crippen molar-refractivity contribution in [1.29, 1.82) is 0 Å². The standard InChI is InChI=1S/C20H19N7O4/c1-27-15-8-12-13(23-26-22-12)9-16(15)30-10-14(20(27)29)21-18(28)19-25-24-17(31-19)7-11-5-3-2-4-6-11/h2-6,8-9,14,22-23,26H,7,10H2,1H3,(H,21,28)/t14-/m0/s1. The number of anilines is 3. The van der Waals surface area contributed by atoms with Crippen molar-refractivity contribution >= 4 is 28.9 Å². The van der Waals surface area contributed by atoms with E-state index in [1.165, 1.54) is 4.90 Å². The molecule has 0 aliphatic carbocycles. The van der Waals surface area contributed by atoms with E-state index in [2.05, 4.69) is 31.9 Å². The molecule has 31 heavy (non-hydrogen) atoms. The van der Waals surface area contributed by atoms with Crippen LogP contribution in [0, 0.1) is 0 Å². The molecule has 0 fully saturated rings. The maximum absolute atomic E-state index is 12.9. The highest BCUT2D eigenvalue weighted by Gasteiger charge is 2.33. The Hall–Kier alpha value is -4.12. The molecule has 0 saturated carbocycles. The molecule has 0 saturated heterocycles. The third kappa shape index (κ3) is 3.62. The second-order valence-electron chi connectivity index (χ2n) is 7.14. The van der Waals surface area contributed by atoms with Crippen LogP contribution in [0.3, 0.4) is 0 Å². The molecular weight excluding hydrogens is 402 g/mol. The SMILES string of the molecule is CN1C(=O)[C@@H](NC(=O)c2nnc(Cc3ccccc3)o2)COc2cc3c(cc21)NNN3. The predicted octanol–water partition coefficient (Wildman–Crippen LogP) is 1.07. The number of benzene rings is 2. The highest BCUT2D eigenvalue weighted by Crippen LogP contribution is 2.39. The number of carbonyl (C=O) groups excluding carboxylic acids is 2. The van der Waals surface area contributed by atoms with Crippen molar-refractivity contribution in [2.45, 2.75) is 12.5 Å². The lowest BCUT2D eigenvalue weighted by Gasteiger charge is -2.20. The van der Waals surface area contributed by atoms with E-state index in [1.807, 2.05) is 30.3 Å². The highest BCUT2D eigenvalue weighted by atomic mass is 16.5. The number of nitrogens with zero attached hydrogens (tertiary/aromatic N) is 3. The Kier molecular flexibility index (Phi) is 4.64. The molecule has 0 radical (unpaired) electrons. The second-order valence-corrected chi connectivity index (χ2v) is 7.14. The molecule has 11 nitrogen and oxygen atoms in total. The quantitative estimate of drug-likeness (QED) is 0.488. The van der Waals surface area contributed by atoms with E-state index in [-0.39, 0.29) is 18.4 Å². The monoisotopic (exact) mass is 421 g/mol. The molecule has 1 aromatic heterocycles. The zero-order valence-electron chi connectivity index (χ0n) is 16.5. The average molecular weight is 421 g/mol. The molecule has 5 rings (SSSR count). The summed E-state index contributed by atoms with van der Waals surface area (Å²) in [7, 11) is 1.63. The van der Waals surface area contributed by atoms with Gasteiger partial charge in [0.1, 0.15) is 18.4 Å². The van der Waals surface area contributed by atoms with Crippen LogP contribution in [0.4, 0.5) is 17.1 Å². The maximum Gasteiger partial charge on any atom is 0.309 e. The fourth-order valence-corrected chi connectivity index (χ4v) is 3.43. The zero-order valence-corrected chi connectivity index (χ0v) is 16.5. The van der Waals surface area contributed by atoms with Gasteiger partial charge in [0.2, 0.25) is 5.89 Å². The lowest BCUT2D eigenvalue weighted by atomic mass is 10.2. The number of hydrogen-bond donors (Lipinski definition) is 4. The van der Waals surface area contributed by atoms with Gasteiger partial charge in [0.25, 0.3) is 5.91 Å². The van der Waals surface area contributed by atoms with Gasteiger partial charge in [-0.05, 0) is 11.6 Å². The number of nitrogens with one attached hydrogen (secondary N) is 4. The normalized spacial score (nSPS) is 17.0. The summed E-state index contributed by atoms with van der Waals surface area (Å²) in [6, 6.07) is 12.2. The van der Waals surface area contributed by atoms with Crippen molar-refractivity contribution in [3.8, 4) is 5.75 Å². The number of hydrogen-bond acceptors (Lipinski definition) is 9. The van der Waals surface area contributed by atoms with Gasteiger partial charge >= 0.3 is 11.8 Å². The highest BCUT2D eigenvalue weighted by molar-refractivity contribution is 6.03. The first-order valence-corrected chi connectivity index (χ1v) is 9.61. The summed E-state index contributed by atoms with van der Waals surface area (Å²) in [5, 5.41) is 10.4. The molecule has 4 N–H and O–H groups in total. The molecule has 0 spiro atoms. The molecule has 2 aliphatic rings. The lowest BCUT2D eigenvalue weighted by Crippen LogP contribution is -2.49. The van der Waals surface area contributed by atoms with Crippen LogP contribution in [0.5, 0.6) is 5.75 Å². The Morgan fingerprint density at radius 3 is 2.77 bits per heavy atom. The first kappa shape index (κ1) is 18.9. The van der Waals surface area contributed by atoms with Gasteiger partial charge in [-0.15, -0.1) is 15.7 Å². The number of likely N-dealkylation sites (N-methyl/N-ethyl adjacent to an activating group) is 1. The lowest BCUT2D eigenvalue weighted by molar-refractivity contribution is -0.120. The van der Waals surface area contributed by atoms with Crippen LogP contribution in [-0.4, -0.2) is 41.7 Å². The van der Waals surface area contributed by atoms with E-state index in [4.69, 9.17) is 9.15 Å². The van der Waals surface area contributed by atoms with Gasteiger partial charge in [-0.1, -0.05) is 30.3 Å². The van der Waals surface area contributed by atoms with Crippen LogP contribution >= 0.6 is 0 Å². The van der Waals surface area contributed by atoms with E-state index in [1.54, 1.807) is 19.2 Å². The number of rotatable bonds is 4. The Labute approximate surface area is 176 Å². The van der Waals surface area contributed by atoms with Crippen LogP contribution in [0.2, 0.25) is 0 Å². The summed E-state index contributed by atoms with van der Waals surface area (Å²) in [6.07, 6.45) is 0.409. The smallest absolute Gasteiger partial charge is 0.309 e. The van der Waals surface area contributed by atoms with Gasteiger partial charge in [0.05, 0.1) is 23.5 Å². The average Bonchev–Trinajstić information content (AvgIpc) is 3.42. The van der Waals surface area contributed by atoms with Crippen molar-refractivity contribution in [3.63, 3.8) is 0 Å². The number of hydrazine groups is 2. The van der Waals surface area contributed by atoms with Crippen molar-refractivity contribution in [1.82, 2.24) is 21.0 Å². The molecule has 2 aromatic carbocycles. The number of aromatic nitrogens is 2. The third-order valence-electron chi connectivity index (χ3n) is 5.05. The molecular formula is C20H19N7O4. The molecule has 2 aliphatic heterocycles. The fraction of sp³-hybridized carbons (Fsp3) is 0.200. The largest absolute Gasteiger partial charge is 0.489 e. The van der Waals surface area contributed by atoms with Crippen LogP contribution in [-0.2, 0) is 11.2 Å². The summed E-state index contributed by atoms with van der Waals surface area (Å²) in [5.74, 6) is -0.334. The van der Waals surface area contributed by atoms with Crippen molar-refractivity contribution in [2.24, 2.45) is 0 Å². The molecule has 158 valence electrons. The maximum atomic E-state index is 12.9. The molecule has 1 atom stereocenters. The minimum absolute atomic E-state index is 0.0352. The molecule has 3 heterocycles. The summed E-state index contributed by atoms with van der Waals surface area (Å²) < 4.78 is 11.3. The number of ether oxygens (including phenoxy) is 1. The summed E-state index contributed by atoms with van der Waals surface area (Å²) in [4.78, 5) is 27.0. The van der Waals surface area contributed by atoms with Gasteiger partial charge in [-0.25, -0.2) is 0 Å². The van der Waals surface area contributed by atoms with Gasteiger partial charge in [0.15, 0.2) is 0 Å². The first-order chi connectivity index (χ1) is 15.1. The van der Waals surface area contributed by atoms with Crippen LogP contribution in [0.15, 0.2) is 46.9 Å². The van der Waals surface area contributed by atoms with E-state index in [0.717, 1.165) is 16.9 Å². The molecule has 3 aromatic rings. The fourth-order valence-electron chi connectivity index (χ4n) is 3.43. The predicted molar refractivity (Wildman–Crippen MR) is 111 cm³/mol. The van der Waals surface area contributed by atoms with E-state index < -0.39 is 11.9 Å². The van der Waals surface area contributed by atoms with Crippen molar-refractivity contribution in [2.75, 3.05) is 29.4 Å². The zero-order chi connectivity index (χ0) is 21.4. The molecule has 0 bridgehead atoms. The topological polar surface area (TPSA) is 134 Å². The van der Waals surface area contributed by atoms with Gasteiger partial charge in [-0.3, -0.25) is 9.59 Å². The second kappa shape index (κ2) is 7.61. The van der Waals surface area contributed by atoms with E-state index in [0.29, 0.717) is 23.7 Å². The van der Waals surface area contributed by atoms with Gasteiger partial charge < -0.3 is 30.2 Å². The van der Waals surface area contributed by atoms with E-state index in [9.17, 15) is 9.59 Å². The van der Waals surface area contributed by atoms with Gasteiger partial charge in [-0.2, -0.15) is 0 Å². The minimum atomic E-state index is -0.914. The van der Waals surface area contributed by atoms with Crippen LogP contribution in [0.1, 0.15) is 22.1 Å².